The van der Waals surface area contributed by atoms with Gasteiger partial charge in [0.15, 0.2) is 0 Å². The summed E-state index contributed by atoms with van der Waals surface area (Å²) in [6.45, 7) is 6.81. The van der Waals surface area contributed by atoms with Crippen LogP contribution in [0.15, 0.2) is 35.5 Å². The molecule has 0 saturated heterocycles. The summed E-state index contributed by atoms with van der Waals surface area (Å²) in [5.74, 6) is 0.520. The van der Waals surface area contributed by atoms with E-state index in [2.05, 4.69) is 59.5 Å². The second-order valence-electron chi connectivity index (χ2n) is 5.93. The van der Waals surface area contributed by atoms with Crippen molar-refractivity contribution >= 4 is 5.71 Å². The Hall–Kier alpha value is -2.23. The molecule has 1 aliphatic carbocycles. The van der Waals surface area contributed by atoms with E-state index >= 15 is 0 Å². The fourth-order valence-electron chi connectivity index (χ4n) is 2.75. The van der Waals surface area contributed by atoms with Crippen LogP contribution < -0.4 is 0 Å². The molecule has 22 heavy (non-hydrogen) atoms. The summed E-state index contributed by atoms with van der Waals surface area (Å²) in [7, 11) is 0. The third-order valence-electron chi connectivity index (χ3n) is 3.92. The van der Waals surface area contributed by atoms with Gasteiger partial charge in [0.25, 0.3) is 0 Å². The Morgan fingerprint density at radius 3 is 2.68 bits per heavy atom. The first kappa shape index (κ1) is 14.7. The molecule has 1 heterocycles. The number of oxime groups is 1. The second-order valence-corrected chi connectivity index (χ2v) is 5.93. The van der Waals surface area contributed by atoms with Gasteiger partial charge in [-0.2, -0.15) is 10.2 Å². The van der Waals surface area contributed by atoms with Crippen LogP contribution in [0.5, 0.6) is 0 Å². The molecule has 1 aliphatic rings. The van der Waals surface area contributed by atoms with Crippen molar-refractivity contribution in [3.05, 3.63) is 47.2 Å². The fourth-order valence-corrected chi connectivity index (χ4v) is 2.75. The van der Waals surface area contributed by atoms with E-state index in [1.54, 1.807) is 0 Å². The minimum absolute atomic E-state index is 0.520. The van der Waals surface area contributed by atoms with Crippen molar-refractivity contribution in [1.82, 2.24) is 10.2 Å². The molecule has 0 bridgehead atoms. The lowest BCUT2D eigenvalue weighted by atomic mass is 9.86. The van der Waals surface area contributed by atoms with E-state index in [9.17, 15) is 0 Å². The molecule has 0 fully saturated rings. The van der Waals surface area contributed by atoms with Crippen molar-refractivity contribution in [3.8, 4) is 11.3 Å². The highest BCUT2D eigenvalue weighted by Gasteiger charge is 2.24. The van der Waals surface area contributed by atoms with Gasteiger partial charge in [0.05, 0.1) is 17.1 Å². The van der Waals surface area contributed by atoms with Crippen molar-refractivity contribution in [2.45, 2.75) is 33.6 Å². The van der Waals surface area contributed by atoms with Gasteiger partial charge >= 0.3 is 0 Å². The van der Waals surface area contributed by atoms with Gasteiger partial charge in [0.2, 0.25) is 0 Å². The maximum Gasteiger partial charge on any atom is 0.114 e. The van der Waals surface area contributed by atoms with Gasteiger partial charge in [-0.05, 0) is 38.7 Å². The molecule has 114 valence electrons. The van der Waals surface area contributed by atoms with Crippen molar-refractivity contribution < 1.29 is 4.84 Å². The molecule has 0 unspecified atom stereocenters. The maximum absolute atomic E-state index is 5.28. The molecule has 4 heteroatoms. The van der Waals surface area contributed by atoms with Crippen molar-refractivity contribution in [2.24, 2.45) is 11.1 Å². The first-order valence-corrected chi connectivity index (χ1v) is 7.80. The number of fused-ring (bicyclic) bond motifs is 1. The molecular weight excluding hydrogens is 274 g/mol. The molecule has 1 atom stereocenters. The second kappa shape index (κ2) is 6.26. The molecule has 3 rings (SSSR count). The van der Waals surface area contributed by atoms with Crippen molar-refractivity contribution in [3.63, 3.8) is 0 Å². The van der Waals surface area contributed by atoms with Gasteiger partial charge < -0.3 is 4.84 Å². The zero-order chi connectivity index (χ0) is 15.5. The molecule has 0 N–H and O–H groups in total. The molecule has 1 aromatic carbocycles. The molecule has 0 radical (unpaired) electrons. The molecule has 1 aromatic heterocycles. The fraction of sp³-hybridized carbons (Fsp3) is 0.389. The predicted molar refractivity (Wildman–Crippen MR) is 87.9 cm³/mol. The van der Waals surface area contributed by atoms with Crippen molar-refractivity contribution in [2.75, 3.05) is 6.61 Å². The van der Waals surface area contributed by atoms with Gasteiger partial charge in [-0.15, -0.1) is 0 Å². The molecule has 2 aromatic rings. The van der Waals surface area contributed by atoms with E-state index in [4.69, 9.17) is 4.84 Å². The highest BCUT2D eigenvalue weighted by Crippen LogP contribution is 2.27. The third-order valence-corrected chi connectivity index (χ3v) is 3.92. The average Bonchev–Trinajstić information content (AvgIpc) is 2.53. The minimum Gasteiger partial charge on any atom is -0.396 e. The quantitative estimate of drug-likeness (QED) is 0.810. The smallest absolute Gasteiger partial charge is 0.114 e. The number of aryl methyl sites for hydroxylation is 1. The molecular formula is C18H21N3O. The third kappa shape index (κ3) is 3.01. The predicted octanol–water partition coefficient (Wildman–Crippen LogP) is 3.77. The molecule has 0 spiro atoms. The van der Waals surface area contributed by atoms with E-state index in [1.807, 2.05) is 6.92 Å². The lowest BCUT2D eigenvalue weighted by molar-refractivity contribution is 0.157. The van der Waals surface area contributed by atoms with Crippen LogP contribution in [0.1, 0.15) is 37.1 Å². The van der Waals surface area contributed by atoms with Gasteiger partial charge in [0, 0.05) is 11.1 Å². The van der Waals surface area contributed by atoms with Gasteiger partial charge in [-0.1, -0.05) is 41.9 Å². The minimum atomic E-state index is 0.520. The zero-order valence-electron chi connectivity index (χ0n) is 13.3. The van der Waals surface area contributed by atoms with E-state index < -0.39 is 0 Å². The highest BCUT2D eigenvalue weighted by atomic mass is 16.6. The first-order valence-electron chi connectivity index (χ1n) is 7.80. The topological polar surface area (TPSA) is 47.4 Å². The number of nitrogens with zero attached hydrogens (tertiary/aromatic N) is 3. The Morgan fingerprint density at radius 2 is 1.95 bits per heavy atom. The highest BCUT2D eigenvalue weighted by molar-refractivity contribution is 6.02. The van der Waals surface area contributed by atoms with Gasteiger partial charge in [-0.25, -0.2) is 0 Å². The van der Waals surface area contributed by atoms with E-state index in [0.29, 0.717) is 12.5 Å². The van der Waals surface area contributed by atoms with Gasteiger partial charge in [-0.3, -0.25) is 0 Å². The van der Waals surface area contributed by atoms with Crippen molar-refractivity contribution in [1.29, 1.82) is 0 Å². The lowest BCUT2D eigenvalue weighted by Gasteiger charge is -2.21. The van der Waals surface area contributed by atoms with Crippen LogP contribution in [0.2, 0.25) is 0 Å². The lowest BCUT2D eigenvalue weighted by Crippen LogP contribution is -2.21. The summed E-state index contributed by atoms with van der Waals surface area (Å²) in [4.78, 5) is 5.28. The number of benzene rings is 1. The number of rotatable bonds is 3. The summed E-state index contributed by atoms with van der Waals surface area (Å²) in [6.07, 6.45) is 1.87. The number of hydrogen-bond acceptors (Lipinski definition) is 4. The van der Waals surface area contributed by atoms with Crippen LogP contribution in [-0.2, 0) is 11.3 Å². The van der Waals surface area contributed by atoms with Crippen LogP contribution in [0.25, 0.3) is 11.3 Å². The summed E-state index contributed by atoms with van der Waals surface area (Å²) >= 11 is 0. The summed E-state index contributed by atoms with van der Waals surface area (Å²) in [6, 6.07) is 10.4. The molecule has 0 saturated carbocycles. The van der Waals surface area contributed by atoms with Crippen LogP contribution in [0.3, 0.4) is 0 Å². The zero-order valence-corrected chi connectivity index (χ0v) is 13.3. The van der Waals surface area contributed by atoms with Crippen LogP contribution in [-0.4, -0.2) is 22.5 Å². The average molecular weight is 295 g/mol. The first-order chi connectivity index (χ1) is 10.7. The Bertz CT molecular complexity index is 692. The standard InChI is InChI=1S/C18H21N3O/c1-4-22-21-18-10-13(3)9-17-15(18)11-16(19-20-17)14-7-5-12(2)6-8-14/h5-8,11,13H,4,9-10H2,1-3H3/b21-18-/t13-/m1/s1. The Morgan fingerprint density at radius 1 is 1.18 bits per heavy atom. The number of hydrogen-bond donors (Lipinski definition) is 0. The molecule has 4 nitrogen and oxygen atoms in total. The Labute approximate surface area is 131 Å². The normalized spacial score (nSPS) is 19.0. The SMILES string of the molecule is CCO/N=C1/C[C@H](C)Cc2nnc(-c3ccc(C)cc3)cc21. The summed E-state index contributed by atoms with van der Waals surface area (Å²) in [5, 5.41) is 13.1. The largest absolute Gasteiger partial charge is 0.396 e. The molecule has 0 aliphatic heterocycles. The number of aromatic nitrogens is 2. The van der Waals surface area contributed by atoms with Crippen LogP contribution in [0, 0.1) is 12.8 Å². The Kier molecular flexibility index (Phi) is 4.18. The van der Waals surface area contributed by atoms with E-state index in [0.717, 1.165) is 41.1 Å². The summed E-state index contributed by atoms with van der Waals surface area (Å²) in [5.41, 5.74) is 6.29. The van der Waals surface area contributed by atoms with E-state index in [-0.39, 0.29) is 0 Å². The van der Waals surface area contributed by atoms with Crippen LogP contribution >= 0.6 is 0 Å². The van der Waals surface area contributed by atoms with Crippen LogP contribution in [0.4, 0.5) is 0 Å². The molecule has 0 amide bonds. The summed E-state index contributed by atoms with van der Waals surface area (Å²) < 4.78 is 0. The van der Waals surface area contributed by atoms with E-state index in [1.165, 1.54) is 5.56 Å². The Balaban J connectivity index is 2.02. The van der Waals surface area contributed by atoms with Gasteiger partial charge in [0.1, 0.15) is 6.61 Å². The maximum atomic E-state index is 5.28. The monoisotopic (exact) mass is 295 g/mol.